The molecule has 17 heavy (non-hydrogen) atoms. The van der Waals surface area contributed by atoms with Crippen LogP contribution >= 0.6 is 0 Å². The van der Waals surface area contributed by atoms with Gasteiger partial charge in [-0.1, -0.05) is 0 Å². The Morgan fingerprint density at radius 2 is 1.65 bits per heavy atom. The summed E-state index contributed by atoms with van der Waals surface area (Å²) in [6.07, 6.45) is 3.15. The number of aliphatic carboxylic acids is 1. The first-order valence-corrected chi connectivity index (χ1v) is 6.49. The van der Waals surface area contributed by atoms with Gasteiger partial charge in [0, 0.05) is 26.1 Å². The van der Waals surface area contributed by atoms with Gasteiger partial charge in [-0.05, 0) is 38.9 Å². The Labute approximate surface area is 103 Å². The average molecular weight is 244 g/mol. The lowest BCUT2D eigenvalue weighted by molar-refractivity contribution is -0.137. The van der Waals surface area contributed by atoms with Crippen LogP contribution < -0.4 is 0 Å². The molecule has 0 radical (unpaired) electrons. The van der Waals surface area contributed by atoms with Crippen LogP contribution in [0.5, 0.6) is 0 Å². The van der Waals surface area contributed by atoms with E-state index in [0.717, 1.165) is 58.5 Å². The van der Waals surface area contributed by atoms with E-state index in [9.17, 15) is 4.79 Å². The Morgan fingerprint density at radius 3 is 2.24 bits per heavy atom. The molecule has 0 aromatic rings. The normalized spacial score (nSPS) is 19.1. The predicted molar refractivity (Wildman–Crippen MR) is 66.1 cm³/mol. The highest BCUT2D eigenvalue weighted by molar-refractivity contribution is 5.66. The first-order chi connectivity index (χ1) is 8.22. The van der Waals surface area contributed by atoms with Crippen LogP contribution in [0.15, 0.2) is 0 Å². The minimum absolute atomic E-state index is 0.235. The third kappa shape index (κ3) is 6.61. The maximum absolute atomic E-state index is 10.4. The first-order valence-electron chi connectivity index (χ1n) is 6.49. The molecule has 0 atom stereocenters. The topological polar surface area (TPSA) is 64.0 Å². The lowest BCUT2D eigenvalue weighted by Gasteiger charge is -2.20. The molecule has 0 unspecified atom stereocenters. The van der Waals surface area contributed by atoms with Crippen molar-refractivity contribution in [3.63, 3.8) is 0 Å². The van der Waals surface area contributed by atoms with Crippen LogP contribution in [-0.2, 0) is 4.79 Å². The Morgan fingerprint density at radius 1 is 1.00 bits per heavy atom. The van der Waals surface area contributed by atoms with E-state index in [1.54, 1.807) is 0 Å². The molecule has 0 spiro atoms. The number of carbonyl (C=O) groups is 1. The van der Waals surface area contributed by atoms with Gasteiger partial charge in [0.15, 0.2) is 0 Å². The van der Waals surface area contributed by atoms with Gasteiger partial charge in [-0.3, -0.25) is 9.69 Å². The summed E-state index contributed by atoms with van der Waals surface area (Å²) < 4.78 is 0. The fourth-order valence-corrected chi connectivity index (χ4v) is 2.22. The van der Waals surface area contributed by atoms with Gasteiger partial charge in [0.2, 0.25) is 0 Å². The second-order valence-corrected chi connectivity index (χ2v) is 4.61. The zero-order valence-corrected chi connectivity index (χ0v) is 10.5. The van der Waals surface area contributed by atoms with E-state index in [-0.39, 0.29) is 13.0 Å². The number of carboxylic acids is 1. The van der Waals surface area contributed by atoms with Crippen molar-refractivity contribution in [2.75, 3.05) is 45.9 Å². The second kappa shape index (κ2) is 8.44. The van der Waals surface area contributed by atoms with Crippen molar-refractivity contribution < 1.29 is 15.0 Å². The molecule has 0 aromatic heterocycles. The summed E-state index contributed by atoms with van der Waals surface area (Å²) >= 11 is 0. The number of aliphatic hydroxyl groups is 1. The van der Waals surface area contributed by atoms with Crippen molar-refractivity contribution in [1.29, 1.82) is 0 Å². The molecule has 0 amide bonds. The van der Waals surface area contributed by atoms with Gasteiger partial charge in [-0.25, -0.2) is 0 Å². The Balaban J connectivity index is 2.11. The number of hydrogen-bond donors (Lipinski definition) is 2. The van der Waals surface area contributed by atoms with Crippen molar-refractivity contribution in [3.05, 3.63) is 0 Å². The summed E-state index contributed by atoms with van der Waals surface area (Å²) in [5.74, 6) is -0.699. The zero-order chi connectivity index (χ0) is 12.5. The molecular formula is C12H24N2O3. The number of β-amino-alcohol motifs (C(OH)–C–C–N with tert-alkyl or cyclic N) is 1. The van der Waals surface area contributed by atoms with Crippen LogP contribution in [-0.4, -0.2) is 71.9 Å². The Kier molecular flexibility index (Phi) is 7.16. The molecule has 5 heteroatoms. The number of nitrogens with zero attached hydrogens (tertiary/aromatic N) is 2. The molecule has 1 aliphatic heterocycles. The Hall–Kier alpha value is -0.650. The second-order valence-electron chi connectivity index (χ2n) is 4.61. The number of unbranched alkanes of at least 4 members (excludes halogenated alkanes) is 1. The monoisotopic (exact) mass is 244 g/mol. The van der Waals surface area contributed by atoms with E-state index in [2.05, 4.69) is 9.80 Å². The first kappa shape index (κ1) is 14.4. The fraction of sp³-hybridized carbons (Fsp3) is 0.917. The van der Waals surface area contributed by atoms with E-state index >= 15 is 0 Å². The molecule has 1 rings (SSSR count). The summed E-state index contributed by atoms with van der Waals surface area (Å²) in [6, 6.07) is 0. The molecule has 5 nitrogen and oxygen atoms in total. The van der Waals surface area contributed by atoms with Gasteiger partial charge in [-0.15, -0.1) is 0 Å². The van der Waals surface area contributed by atoms with E-state index in [4.69, 9.17) is 10.2 Å². The van der Waals surface area contributed by atoms with Crippen LogP contribution in [0, 0.1) is 0 Å². The van der Waals surface area contributed by atoms with Gasteiger partial charge in [0.05, 0.1) is 6.61 Å². The van der Waals surface area contributed by atoms with E-state index < -0.39 is 5.97 Å². The van der Waals surface area contributed by atoms with Crippen LogP contribution in [0.25, 0.3) is 0 Å². The van der Waals surface area contributed by atoms with Crippen LogP contribution in [0.3, 0.4) is 0 Å². The molecule has 1 fully saturated rings. The number of hydrogen-bond acceptors (Lipinski definition) is 4. The van der Waals surface area contributed by atoms with Crippen LogP contribution in [0.1, 0.15) is 25.7 Å². The summed E-state index contributed by atoms with van der Waals surface area (Å²) in [7, 11) is 0. The van der Waals surface area contributed by atoms with Crippen molar-refractivity contribution in [2.24, 2.45) is 0 Å². The van der Waals surface area contributed by atoms with Crippen LogP contribution in [0.4, 0.5) is 0 Å². The van der Waals surface area contributed by atoms with Gasteiger partial charge in [0.25, 0.3) is 0 Å². The largest absolute Gasteiger partial charge is 0.481 e. The quantitative estimate of drug-likeness (QED) is 0.628. The average Bonchev–Trinajstić information content (AvgIpc) is 2.51. The number of aliphatic hydroxyl groups excluding tert-OH is 1. The van der Waals surface area contributed by atoms with E-state index in [1.807, 2.05) is 0 Å². The van der Waals surface area contributed by atoms with Gasteiger partial charge in [0.1, 0.15) is 0 Å². The lowest BCUT2D eigenvalue weighted by Crippen LogP contribution is -2.32. The molecule has 1 heterocycles. The minimum Gasteiger partial charge on any atom is -0.481 e. The number of carboxylic acid groups (broad SMARTS) is 1. The highest BCUT2D eigenvalue weighted by Crippen LogP contribution is 2.05. The highest BCUT2D eigenvalue weighted by atomic mass is 16.4. The summed E-state index contributed by atoms with van der Waals surface area (Å²) in [5, 5.41) is 17.4. The van der Waals surface area contributed by atoms with E-state index in [1.165, 1.54) is 0 Å². The smallest absolute Gasteiger partial charge is 0.303 e. The van der Waals surface area contributed by atoms with Gasteiger partial charge < -0.3 is 15.1 Å². The molecule has 1 saturated heterocycles. The third-order valence-corrected chi connectivity index (χ3v) is 3.21. The predicted octanol–water partition coefficient (Wildman–Crippen LogP) is 0.241. The SMILES string of the molecule is O=C(O)CCCCN1CCCN(CCO)CC1. The highest BCUT2D eigenvalue weighted by Gasteiger charge is 2.13. The molecule has 100 valence electrons. The van der Waals surface area contributed by atoms with E-state index in [0.29, 0.717) is 0 Å². The molecule has 2 N–H and O–H groups in total. The fourth-order valence-electron chi connectivity index (χ4n) is 2.22. The van der Waals surface area contributed by atoms with Crippen molar-refractivity contribution in [3.8, 4) is 0 Å². The molecule has 0 aromatic carbocycles. The van der Waals surface area contributed by atoms with Crippen molar-refractivity contribution >= 4 is 5.97 Å². The summed E-state index contributed by atoms with van der Waals surface area (Å²) in [6.45, 7) is 6.21. The standard InChI is InChI=1S/C12H24N2O3/c15-11-10-14-7-3-6-13(8-9-14)5-2-1-4-12(16)17/h15H,1-11H2,(H,16,17). The molecule has 0 bridgehead atoms. The van der Waals surface area contributed by atoms with Crippen LogP contribution in [0.2, 0.25) is 0 Å². The summed E-state index contributed by atoms with van der Waals surface area (Å²) in [5.41, 5.74) is 0. The maximum Gasteiger partial charge on any atom is 0.303 e. The molecule has 0 aliphatic carbocycles. The van der Waals surface area contributed by atoms with Gasteiger partial charge >= 0.3 is 5.97 Å². The van der Waals surface area contributed by atoms with Crippen molar-refractivity contribution in [2.45, 2.75) is 25.7 Å². The molecule has 0 saturated carbocycles. The van der Waals surface area contributed by atoms with Gasteiger partial charge in [-0.2, -0.15) is 0 Å². The molecular weight excluding hydrogens is 220 g/mol. The van der Waals surface area contributed by atoms with Crippen molar-refractivity contribution in [1.82, 2.24) is 9.80 Å². The zero-order valence-electron chi connectivity index (χ0n) is 10.5. The Bertz CT molecular complexity index is 224. The number of rotatable bonds is 7. The lowest BCUT2D eigenvalue weighted by atomic mass is 10.2. The third-order valence-electron chi connectivity index (χ3n) is 3.21. The maximum atomic E-state index is 10.4. The summed E-state index contributed by atoms with van der Waals surface area (Å²) in [4.78, 5) is 15.1. The molecule has 1 aliphatic rings. The minimum atomic E-state index is -0.699.